The number of piperazine rings is 1. The molecule has 2 amide bonds. The summed E-state index contributed by atoms with van der Waals surface area (Å²) in [6, 6.07) is 8.40. The van der Waals surface area contributed by atoms with Crippen LogP contribution in [0.15, 0.2) is 24.3 Å². The Bertz CT molecular complexity index is 609. The number of carbonyl (C=O) groups is 2. The van der Waals surface area contributed by atoms with Crippen molar-refractivity contribution < 1.29 is 9.59 Å². The number of benzene rings is 1. The van der Waals surface area contributed by atoms with E-state index in [9.17, 15) is 9.59 Å². The van der Waals surface area contributed by atoms with Crippen LogP contribution in [0, 0.1) is 18.8 Å². The number of nitrogens with zero attached hydrogens (tertiary/aromatic N) is 3. The third-order valence-corrected chi connectivity index (χ3v) is 4.57. The Hall–Kier alpha value is -2.04. The fraction of sp³-hybridized carbons (Fsp3) is 0.619. The molecule has 0 spiro atoms. The van der Waals surface area contributed by atoms with Gasteiger partial charge in [-0.2, -0.15) is 0 Å². The summed E-state index contributed by atoms with van der Waals surface area (Å²) in [5, 5.41) is 0. The van der Waals surface area contributed by atoms with E-state index in [1.807, 2.05) is 0 Å². The SMILES string of the molecule is Cc1cccc(N2CCN(C(=O)C(=O)N(CC(C)C)CC(C)C)CC2)c1. The fourth-order valence-corrected chi connectivity index (χ4v) is 3.38. The largest absolute Gasteiger partial charge is 0.368 e. The second kappa shape index (κ2) is 9.06. The highest BCUT2D eigenvalue weighted by Gasteiger charge is 2.30. The summed E-state index contributed by atoms with van der Waals surface area (Å²) in [4.78, 5) is 31.2. The van der Waals surface area contributed by atoms with Gasteiger partial charge in [-0.3, -0.25) is 9.59 Å². The predicted molar refractivity (Wildman–Crippen MR) is 106 cm³/mol. The molecule has 0 atom stereocenters. The van der Waals surface area contributed by atoms with Crippen LogP contribution in [0.1, 0.15) is 33.3 Å². The van der Waals surface area contributed by atoms with Crippen molar-refractivity contribution in [2.75, 3.05) is 44.2 Å². The molecule has 1 aliphatic rings. The summed E-state index contributed by atoms with van der Waals surface area (Å²) < 4.78 is 0. The Labute approximate surface area is 158 Å². The average Bonchev–Trinajstić information content (AvgIpc) is 2.59. The van der Waals surface area contributed by atoms with Gasteiger partial charge in [-0.1, -0.05) is 39.8 Å². The Balaban J connectivity index is 1.96. The molecule has 0 unspecified atom stereocenters. The van der Waals surface area contributed by atoms with E-state index >= 15 is 0 Å². The van der Waals surface area contributed by atoms with Crippen LogP contribution in [0.4, 0.5) is 5.69 Å². The van der Waals surface area contributed by atoms with E-state index in [2.05, 4.69) is 63.8 Å². The highest BCUT2D eigenvalue weighted by atomic mass is 16.2. The standard InChI is InChI=1S/C21H33N3O2/c1-16(2)14-24(15-17(3)4)21(26)20(25)23-11-9-22(10-12-23)19-8-6-7-18(5)13-19/h6-8,13,16-17H,9-12,14-15H2,1-5H3. The topological polar surface area (TPSA) is 43.9 Å². The first-order valence-corrected chi connectivity index (χ1v) is 9.67. The van der Waals surface area contributed by atoms with Crippen molar-refractivity contribution in [2.24, 2.45) is 11.8 Å². The van der Waals surface area contributed by atoms with Gasteiger partial charge in [0, 0.05) is 45.0 Å². The predicted octanol–water partition coefficient (Wildman–Crippen LogP) is 2.78. The zero-order valence-electron chi connectivity index (χ0n) is 16.9. The molecule has 0 aromatic heterocycles. The van der Waals surface area contributed by atoms with Gasteiger partial charge in [0.15, 0.2) is 0 Å². The Morgan fingerprint density at radius 1 is 1.00 bits per heavy atom. The van der Waals surface area contributed by atoms with Crippen molar-refractivity contribution in [3.05, 3.63) is 29.8 Å². The molecule has 26 heavy (non-hydrogen) atoms. The van der Waals surface area contributed by atoms with Gasteiger partial charge in [-0.05, 0) is 36.5 Å². The maximum absolute atomic E-state index is 12.7. The van der Waals surface area contributed by atoms with Crippen molar-refractivity contribution in [1.82, 2.24) is 9.80 Å². The van der Waals surface area contributed by atoms with Crippen LogP contribution in [0.25, 0.3) is 0 Å². The zero-order valence-corrected chi connectivity index (χ0v) is 16.9. The molecule has 0 N–H and O–H groups in total. The summed E-state index contributed by atoms with van der Waals surface area (Å²) in [7, 11) is 0. The van der Waals surface area contributed by atoms with Gasteiger partial charge < -0.3 is 14.7 Å². The Morgan fingerprint density at radius 3 is 2.08 bits per heavy atom. The number of carbonyl (C=O) groups excluding carboxylic acids is 2. The van der Waals surface area contributed by atoms with Gasteiger partial charge >= 0.3 is 11.8 Å². The number of rotatable bonds is 5. The minimum Gasteiger partial charge on any atom is -0.368 e. The van der Waals surface area contributed by atoms with Crippen LogP contribution in [0.3, 0.4) is 0 Å². The van der Waals surface area contributed by atoms with E-state index in [0.29, 0.717) is 38.0 Å². The minimum absolute atomic E-state index is 0.351. The van der Waals surface area contributed by atoms with E-state index < -0.39 is 0 Å². The summed E-state index contributed by atoms with van der Waals surface area (Å²) in [6.07, 6.45) is 0. The smallest absolute Gasteiger partial charge is 0.312 e. The van der Waals surface area contributed by atoms with Crippen LogP contribution in [-0.2, 0) is 9.59 Å². The van der Waals surface area contributed by atoms with Crippen LogP contribution >= 0.6 is 0 Å². The first-order chi connectivity index (χ1) is 12.3. The van der Waals surface area contributed by atoms with E-state index in [0.717, 1.165) is 13.1 Å². The van der Waals surface area contributed by atoms with Crippen molar-refractivity contribution >= 4 is 17.5 Å². The van der Waals surface area contributed by atoms with Crippen molar-refractivity contribution in [3.8, 4) is 0 Å². The van der Waals surface area contributed by atoms with Crippen LogP contribution in [0.5, 0.6) is 0 Å². The lowest BCUT2D eigenvalue weighted by atomic mass is 10.1. The van der Waals surface area contributed by atoms with Gasteiger partial charge in [0.2, 0.25) is 0 Å². The molecular weight excluding hydrogens is 326 g/mol. The van der Waals surface area contributed by atoms with Crippen molar-refractivity contribution in [1.29, 1.82) is 0 Å². The maximum Gasteiger partial charge on any atom is 0.312 e. The van der Waals surface area contributed by atoms with Crippen LogP contribution in [0.2, 0.25) is 0 Å². The van der Waals surface area contributed by atoms with Crippen molar-refractivity contribution in [2.45, 2.75) is 34.6 Å². The molecule has 0 saturated carbocycles. The second-order valence-electron chi connectivity index (χ2n) is 8.12. The first kappa shape index (κ1) is 20.3. The molecule has 144 valence electrons. The Kier molecular flexibility index (Phi) is 7.06. The van der Waals surface area contributed by atoms with Crippen molar-refractivity contribution in [3.63, 3.8) is 0 Å². The molecule has 1 aliphatic heterocycles. The van der Waals surface area contributed by atoms with Crippen LogP contribution < -0.4 is 4.90 Å². The number of hydrogen-bond acceptors (Lipinski definition) is 3. The molecule has 1 aromatic rings. The highest BCUT2D eigenvalue weighted by Crippen LogP contribution is 2.18. The summed E-state index contributed by atoms with van der Waals surface area (Å²) >= 11 is 0. The lowest BCUT2D eigenvalue weighted by molar-refractivity contribution is -0.152. The monoisotopic (exact) mass is 359 g/mol. The summed E-state index contributed by atoms with van der Waals surface area (Å²) in [5.74, 6) is -0.000988. The second-order valence-corrected chi connectivity index (χ2v) is 8.12. The fourth-order valence-electron chi connectivity index (χ4n) is 3.38. The number of aryl methyl sites for hydroxylation is 1. The Morgan fingerprint density at radius 2 is 1.58 bits per heavy atom. The van der Waals surface area contributed by atoms with E-state index in [1.54, 1.807) is 9.80 Å². The lowest BCUT2D eigenvalue weighted by Gasteiger charge is -2.37. The van der Waals surface area contributed by atoms with E-state index in [1.165, 1.54) is 11.3 Å². The molecular formula is C21H33N3O2. The molecule has 1 saturated heterocycles. The highest BCUT2D eigenvalue weighted by molar-refractivity contribution is 6.34. The maximum atomic E-state index is 12.7. The third-order valence-electron chi connectivity index (χ3n) is 4.57. The minimum atomic E-state index is -0.352. The van der Waals surface area contributed by atoms with E-state index in [-0.39, 0.29) is 11.8 Å². The van der Waals surface area contributed by atoms with Gasteiger partial charge in [-0.25, -0.2) is 0 Å². The summed E-state index contributed by atoms with van der Waals surface area (Å²) in [6.45, 7) is 14.4. The third kappa shape index (κ3) is 5.48. The lowest BCUT2D eigenvalue weighted by Crippen LogP contribution is -2.54. The molecule has 0 bridgehead atoms. The molecule has 2 rings (SSSR count). The number of amides is 2. The number of hydrogen-bond donors (Lipinski definition) is 0. The van der Waals surface area contributed by atoms with Gasteiger partial charge in [0.25, 0.3) is 0 Å². The molecule has 1 aromatic carbocycles. The molecule has 1 heterocycles. The molecule has 5 heteroatoms. The van der Waals surface area contributed by atoms with E-state index in [4.69, 9.17) is 0 Å². The van der Waals surface area contributed by atoms with Gasteiger partial charge in [0.1, 0.15) is 0 Å². The molecule has 0 radical (unpaired) electrons. The molecule has 1 fully saturated rings. The van der Waals surface area contributed by atoms with Gasteiger partial charge in [-0.15, -0.1) is 0 Å². The molecule has 0 aliphatic carbocycles. The number of anilines is 1. The zero-order chi connectivity index (χ0) is 19.3. The quantitative estimate of drug-likeness (QED) is 0.760. The molecule has 5 nitrogen and oxygen atoms in total. The normalized spacial score (nSPS) is 14.9. The first-order valence-electron chi connectivity index (χ1n) is 9.67. The van der Waals surface area contributed by atoms with Gasteiger partial charge in [0.05, 0.1) is 0 Å². The van der Waals surface area contributed by atoms with Crippen LogP contribution in [-0.4, -0.2) is 60.9 Å². The average molecular weight is 360 g/mol. The summed E-state index contributed by atoms with van der Waals surface area (Å²) in [5.41, 5.74) is 2.42.